The lowest BCUT2D eigenvalue weighted by Gasteiger charge is -2.37. The van der Waals surface area contributed by atoms with E-state index in [1.54, 1.807) is 12.1 Å². The van der Waals surface area contributed by atoms with E-state index in [1.165, 1.54) is 0 Å². The summed E-state index contributed by atoms with van der Waals surface area (Å²) in [4.78, 5) is 4.49. The molecule has 0 bridgehead atoms. The Labute approximate surface area is 128 Å². The quantitative estimate of drug-likeness (QED) is 0.900. The summed E-state index contributed by atoms with van der Waals surface area (Å²) in [5.74, 6) is -0.112. The van der Waals surface area contributed by atoms with Gasteiger partial charge < -0.3 is 15.1 Å². The molecule has 1 N–H and O–H groups in total. The highest BCUT2D eigenvalue weighted by molar-refractivity contribution is 5.55. The van der Waals surface area contributed by atoms with Crippen LogP contribution in [-0.2, 0) is 6.54 Å². The van der Waals surface area contributed by atoms with Crippen LogP contribution in [0.4, 0.5) is 10.1 Å². The number of halogens is 1. The molecule has 1 saturated heterocycles. The average molecular weight is 293 g/mol. The van der Waals surface area contributed by atoms with Crippen LogP contribution in [0.5, 0.6) is 0 Å². The number of nitrogens with zero attached hydrogens (tertiary/aromatic N) is 2. The van der Waals surface area contributed by atoms with E-state index in [0.29, 0.717) is 18.6 Å². The van der Waals surface area contributed by atoms with E-state index in [2.05, 4.69) is 36.0 Å². The number of hydrogen-bond donors (Lipinski definition) is 1. The first-order valence-electron chi connectivity index (χ1n) is 7.91. The zero-order chi connectivity index (χ0) is 15.4. The first-order valence-corrected chi connectivity index (χ1v) is 7.91. The average Bonchev–Trinajstić information content (AvgIpc) is 2.45. The minimum Gasteiger partial charge on any atom is -0.369 e. The molecule has 118 valence electrons. The van der Waals surface area contributed by atoms with E-state index < -0.39 is 0 Å². The van der Waals surface area contributed by atoms with Crippen LogP contribution in [0.1, 0.15) is 32.3 Å². The van der Waals surface area contributed by atoms with E-state index in [0.717, 1.165) is 37.2 Å². The van der Waals surface area contributed by atoms with Crippen molar-refractivity contribution in [3.63, 3.8) is 0 Å². The van der Waals surface area contributed by atoms with E-state index in [-0.39, 0.29) is 5.82 Å². The van der Waals surface area contributed by atoms with E-state index >= 15 is 0 Å². The highest BCUT2D eigenvalue weighted by atomic mass is 19.1. The molecule has 0 saturated carbocycles. The fourth-order valence-corrected chi connectivity index (χ4v) is 2.98. The smallest absolute Gasteiger partial charge is 0.146 e. The predicted octanol–water partition coefficient (Wildman–Crippen LogP) is 2.85. The Balaban J connectivity index is 2.16. The molecule has 0 atom stereocenters. The minimum atomic E-state index is -0.112. The Morgan fingerprint density at radius 3 is 2.62 bits per heavy atom. The van der Waals surface area contributed by atoms with Gasteiger partial charge in [-0.05, 0) is 44.6 Å². The number of benzene rings is 1. The normalized spacial score (nSPS) is 17.4. The number of anilines is 1. The van der Waals surface area contributed by atoms with Crippen LogP contribution < -0.4 is 10.2 Å². The van der Waals surface area contributed by atoms with Crippen molar-refractivity contribution in [1.82, 2.24) is 10.2 Å². The molecule has 1 aromatic carbocycles. The second-order valence-corrected chi connectivity index (χ2v) is 6.43. The maximum absolute atomic E-state index is 14.4. The Morgan fingerprint density at radius 1 is 1.33 bits per heavy atom. The molecule has 0 spiro atoms. The molecule has 21 heavy (non-hydrogen) atoms. The molecule has 0 aliphatic carbocycles. The third kappa shape index (κ3) is 4.17. The minimum absolute atomic E-state index is 0.112. The third-order valence-electron chi connectivity index (χ3n) is 4.36. The van der Waals surface area contributed by atoms with Crippen LogP contribution >= 0.6 is 0 Å². The lowest BCUT2D eigenvalue weighted by atomic mass is 10.0. The van der Waals surface area contributed by atoms with Gasteiger partial charge >= 0.3 is 0 Å². The number of para-hydroxylation sites is 1. The van der Waals surface area contributed by atoms with Gasteiger partial charge in [0.1, 0.15) is 5.82 Å². The molecule has 1 aliphatic heterocycles. The van der Waals surface area contributed by atoms with Crippen molar-refractivity contribution in [2.45, 2.75) is 45.3 Å². The van der Waals surface area contributed by atoms with Crippen LogP contribution in [0, 0.1) is 5.82 Å². The summed E-state index contributed by atoms with van der Waals surface area (Å²) in [6.07, 6.45) is 2.19. The van der Waals surface area contributed by atoms with E-state index in [9.17, 15) is 4.39 Å². The maximum Gasteiger partial charge on any atom is 0.146 e. The van der Waals surface area contributed by atoms with Crippen molar-refractivity contribution in [2.24, 2.45) is 0 Å². The van der Waals surface area contributed by atoms with Gasteiger partial charge in [-0.25, -0.2) is 4.39 Å². The van der Waals surface area contributed by atoms with Gasteiger partial charge in [-0.3, -0.25) is 0 Å². The summed E-state index contributed by atoms with van der Waals surface area (Å²) in [5.41, 5.74) is 1.81. The lowest BCUT2D eigenvalue weighted by Crippen LogP contribution is -2.42. The first-order chi connectivity index (χ1) is 9.99. The Morgan fingerprint density at radius 2 is 2.00 bits per heavy atom. The van der Waals surface area contributed by atoms with Crippen molar-refractivity contribution < 1.29 is 4.39 Å². The third-order valence-corrected chi connectivity index (χ3v) is 4.36. The molecule has 0 radical (unpaired) electrons. The predicted molar refractivity (Wildman–Crippen MR) is 87.3 cm³/mol. The summed E-state index contributed by atoms with van der Waals surface area (Å²) in [6, 6.07) is 6.23. The van der Waals surface area contributed by atoms with Crippen LogP contribution in [-0.4, -0.2) is 44.2 Å². The standard InChI is InChI=1S/C17H28FN3/c1-13(2)19-12-14-6-5-7-16(18)17(14)21(4)15-8-10-20(3)11-9-15/h5-7,13,15,19H,8-12H2,1-4H3. The van der Waals surface area contributed by atoms with Crippen molar-refractivity contribution in [2.75, 3.05) is 32.1 Å². The van der Waals surface area contributed by atoms with Gasteiger partial charge in [0.05, 0.1) is 5.69 Å². The molecule has 2 rings (SSSR count). The zero-order valence-corrected chi connectivity index (χ0v) is 13.7. The Bertz CT molecular complexity index is 453. The molecule has 0 unspecified atom stereocenters. The van der Waals surface area contributed by atoms with Gasteiger partial charge in [-0.15, -0.1) is 0 Å². The Hall–Kier alpha value is -1.13. The molecule has 3 nitrogen and oxygen atoms in total. The van der Waals surface area contributed by atoms with Crippen LogP contribution in [0.15, 0.2) is 18.2 Å². The van der Waals surface area contributed by atoms with Crippen molar-refractivity contribution in [3.05, 3.63) is 29.6 Å². The molecule has 1 aromatic rings. The van der Waals surface area contributed by atoms with Gasteiger partial charge in [-0.1, -0.05) is 26.0 Å². The van der Waals surface area contributed by atoms with Crippen LogP contribution in [0.2, 0.25) is 0 Å². The maximum atomic E-state index is 14.4. The highest BCUT2D eigenvalue weighted by Gasteiger charge is 2.24. The fourth-order valence-electron chi connectivity index (χ4n) is 2.98. The van der Waals surface area contributed by atoms with Gasteiger partial charge in [0.25, 0.3) is 0 Å². The number of hydrogen-bond acceptors (Lipinski definition) is 3. The second-order valence-electron chi connectivity index (χ2n) is 6.43. The lowest BCUT2D eigenvalue weighted by molar-refractivity contribution is 0.252. The zero-order valence-electron chi connectivity index (χ0n) is 13.7. The topological polar surface area (TPSA) is 18.5 Å². The van der Waals surface area contributed by atoms with Crippen LogP contribution in [0.3, 0.4) is 0 Å². The first kappa shape index (κ1) is 16.2. The number of rotatable bonds is 5. The van der Waals surface area contributed by atoms with Gasteiger partial charge in [0, 0.05) is 25.7 Å². The van der Waals surface area contributed by atoms with Gasteiger partial charge in [-0.2, -0.15) is 0 Å². The monoisotopic (exact) mass is 293 g/mol. The van der Waals surface area contributed by atoms with Gasteiger partial charge in [0.15, 0.2) is 0 Å². The molecule has 1 heterocycles. The molecular weight excluding hydrogens is 265 g/mol. The molecule has 1 aliphatic rings. The molecule has 0 amide bonds. The number of likely N-dealkylation sites (tertiary alicyclic amines) is 1. The number of piperidine rings is 1. The van der Waals surface area contributed by atoms with Crippen molar-refractivity contribution in [3.8, 4) is 0 Å². The summed E-state index contributed by atoms with van der Waals surface area (Å²) >= 11 is 0. The summed E-state index contributed by atoms with van der Waals surface area (Å²) < 4.78 is 14.4. The largest absolute Gasteiger partial charge is 0.369 e. The van der Waals surface area contributed by atoms with E-state index in [4.69, 9.17) is 0 Å². The number of nitrogens with one attached hydrogen (secondary N) is 1. The van der Waals surface area contributed by atoms with Gasteiger partial charge in [0.2, 0.25) is 0 Å². The van der Waals surface area contributed by atoms with Crippen molar-refractivity contribution in [1.29, 1.82) is 0 Å². The fraction of sp³-hybridized carbons (Fsp3) is 0.647. The molecular formula is C17H28FN3. The Kier molecular flexibility index (Phi) is 5.59. The summed E-state index contributed by atoms with van der Waals surface area (Å²) in [5, 5.41) is 3.39. The highest BCUT2D eigenvalue weighted by Crippen LogP contribution is 2.28. The SMILES string of the molecule is CC(C)NCc1cccc(F)c1N(C)C1CCN(C)CC1. The summed E-state index contributed by atoms with van der Waals surface area (Å²) in [7, 11) is 4.19. The van der Waals surface area contributed by atoms with Crippen molar-refractivity contribution >= 4 is 5.69 Å². The molecule has 4 heteroatoms. The summed E-state index contributed by atoms with van der Waals surface area (Å²) in [6.45, 7) is 7.10. The van der Waals surface area contributed by atoms with E-state index in [1.807, 2.05) is 13.1 Å². The van der Waals surface area contributed by atoms with Crippen LogP contribution in [0.25, 0.3) is 0 Å². The molecule has 1 fully saturated rings. The second kappa shape index (κ2) is 7.23. The molecule has 0 aromatic heterocycles.